The van der Waals surface area contributed by atoms with Gasteiger partial charge in [-0.15, -0.1) is 0 Å². The van der Waals surface area contributed by atoms with E-state index >= 15 is 0 Å². The zero-order valence-electron chi connectivity index (χ0n) is 17.5. The summed E-state index contributed by atoms with van der Waals surface area (Å²) < 4.78 is 21.0. The molecule has 0 saturated carbocycles. The molecule has 0 aliphatic heterocycles. The summed E-state index contributed by atoms with van der Waals surface area (Å²) in [6, 6.07) is 10.6. The molecule has 0 atom stereocenters. The number of amides is 1. The number of ether oxygens (including phenoxy) is 4. The first kappa shape index (κ1) is 22.3. The minimum atomic E-state index is -0.398. The zero-order valence-corrected chi connectivity index (χ0v) is 17.5. The monoisotopic (exact) mass is 404 g/mol. The Kier molecular flexibility index (Phi) is 7.69. The molecule has 2 aromatic rings. The minimum Gasteiger partial charge on any atom is -0.633 e. The number of hydrogen-bond acceptors (Lipinski definition) is 6. The number of nitrogens with zero attached hydrogens (tertiary/aromatic N) is 1. The van der Waals surface area contributed by atoms with Crippen LogP contribution in [0, 0.1) is 5.21 Å². The average molecular weight is 404 g/mol. The maximum absolute atomic E-state index is 12.5. The molecule has 8 nitrogen and oxygen atoms in total. The van der Waals surface area contributed by atoms with E-state index in [2.05, 4.69) is 5.32 Å². The summed E-state index contributed by atoms with van der Waals surface area (Å²) in [7, 11) is 7.65. The largest absolute Gasteiger partial charge is 0.633 e. The molecule has 0 fully saturated rings. The first-order valence-corrected chi connectivity index (χ1v) is 9.11. The summed E-state index contributed by atoms with van der Waals surface area (Å²) >= 11 is 0. The van der Waals surface area contributed by atoms with Gasteiger partial charge < -0.3 is 34.1 Å². The standard InChI is InChI=1S/C21H28N2O6/c1-23(2,25)10-11-29-17-8-6-15(7-9-17)14-22-21(24)16-12-18(26-3)20(28-5)19(13-16)27-4/h6-9,12-13H,10-11,14H2,1-5H3,(H,22,24). The molecule has 0 aliphatic rings. The fraction of sp³-hybridized carbons (Fsp3) is 0.381. The van der Waals surface area contributed by atoms with Crippen LogP contribution in [0.1, 0.15) is 15.9 Å². The number of carbonyl (C=O) groups excluding carboxylic acids is 1. The van der Waals surface area contributed by atoms with E-state index in [9.17, 15) is 10.0 Å². The summed E-state index contributed by atoms with van der Waals surface area (Å²) in [5.74, 6) is 1.68. The summed E-state index contributed by atoms with van der Waals surface area (Å²) in [6.45, 7) is 1.06. The molecule has 0 aliphatic carbocycles. The molecule has 0 saturated heterocycles. The number of rotatable bonds is 10. The maximum Gasteiger partial charge on any atom is 0.251 e. The normalized spacial score (nSPS) is 11.0. The van der Waals surface area contributed by atoms with Crippen LogP contribution in [0.2, 0.25) is 0 Å². The van der Waals surface area contributed by atoms with Gasteiger partial charge in [0.2, 0.25) is 5.75 Å². The molecule has 2 aromatic carbocycles. The number of benzene rings is 2. The topological polar surface area (TPSA) is 89.1 Å². The van der Waals surface area contributed by atoms with E-state index in [0.717, 1.165) is 5.56 Å². The Labute approximate surface area is 171 Å². The molecule has 1 N–H and O–H groups in total. The molecular weight excluding hydrogens is 376 g/mol. The number of hydrogen-bond donors (Lipinski definition) is 1. The molecule has 0 bridgehead atoms. The SMILES string of the molecule is COc1cc(C(=O)NCc2ccc(OCC[N+](C)(C)[O-])cc2)cc(OC)c1OC. The Bertz CT molecular complexity index is 790. The number of quaternary nitrogens is 1. The van der Waals surface area contributed by atoms with E-state index in [1.54, 1.807) is 26.2 Å². The van der Waals surface area contributed by atoms with Crippen molar-refractivity contribution in [3.8, 4) is 23.0 Å². The molecule has 8 heteroatoms. The zero-order chi connectivity index (χ0) is 21.4. The number of nitrogens with one attached hydrogen (secondary N) is 1. The van der Waals surface area contributed by atoms with E-state index in [0.29, 0.717) is 48.3 Å². The molecule has 1 amide bonds. The van der Waals surface area contributed by atoms with Crippen LogP contribution in [0.4, 0.5) is 0 Å². The van der Waals surface area contributed by atoms with Crippen molar-refractivity contribution in [3.63, 3.8) is 0 Å². The Morgan fingerprint density at radius 2 is 1.59 bits per heavy atom. The molecule has 2 rings (SSSR count). The van der Waals surface area contributed by atoms with Gasteiger partial charge in [0.15, 0.2) is 11.5 Å². The lowest BCUT2D eigenvalue weighted by Crippen LogP contribution is -2.36. The van der Waals surface area contributed by atoms with Crippen molar-refractivity contribution in [3.05, 3.63) is 52.7 Å². The Hall–Kier alpha value is -2.97. The summed E-state index contributed by atoms with van der Waals surface area (Å²) in [6.07, 6.45) is 0. The Morgan fingerprint density at radius 1 is 1.00 bits per heavy atom. The highest BCUT2D eigenvalue weighted by Gasteiger charge is 2.16. The van der Waals surface area contributed by atoms with E-state index < -0.39 is 4.65 Å². The van der Waals surface area contributed by atoms with Gasteiger partial charge >= 0.3 is 0 Å². The van der Waals surface area contributed by atoms with Crippen molar-refractivity contribution < 1.29 is 28.4 Å². The lowest BCUT2D eigenvalue weighted by molar-refractivity contribution is -0.840. The maximum atomic E-state index is 12.5. The third kappa shape index (κ3) is 6.55. The van der Waals surface area contributed by atoms with E-state index in [-0.39, 0.29) is 5.91 Å². The molecule has 0 heterocycles. The Morgan fingerprint density at radius 3 is 2.07 bits per heavy atom. The van der Waals surface area contributed by atoms with Crippen molar-refractivity contribution in [2.75, 3.05) is 48.6 Å². The van der Waals surface area contributed by atoms with Crippen LogP contribution >= 0.6 is 0 Å². The third-order valence-corrected chi connectivity index (χ3v) is 4.20. The second-order valence-electron chi connectivity index (χ2n) is 6.89. The van der Waals surface area contributed by atoms with Gasteiger partial charge in [0.05, 0.1) is 35.4 Å². The molecule has 158 valence electrons. The first-order chi connectivity index (χ1) is 13.8. The fourth-order valence-corrected chi connectivity index (χ4v) is 2.58. The number of methoxy groups -OCH3 is 3. The van der Waals surface area contributed by atoms with Gasteiger partial charge in [0, 0.05) is 12.1 Å². The van der Waals surface area contributed by atoms with Gasteiger partial charge in [-0.1, -0.05) is 12.1 Å². The van der Waals surface area contributed by atoms with Gasteiger partial charge in [-0.05, 0) is 29.8 Å². The van der Waals surface area contributed by atoms with Crippen LogP contribution in [0.25, 0.3) is 0 Å². The minimum absolute atomic E-state index is 0.264. The molecule has 0 unspecified atom stereocenters. The fourth-order valence-electron chi connectivity index (χ4n) is 2.58. The number of likely N-dealkylation sites (N-methyl/N-ethyl adjacent to an activating group) is 1. The van der Waals surface area contributed by atoms with Gasteiger partial charge in [0.25, 0.3) is 5.91 Å². The van der Waals surface area contributed by atoms with Crippen molar-refractivity contribution >= 4 is 5.91 Å². The van der Waals surface area contributed by atoms with Gasteiger partial charge in [-0.2, -0.15) is 0 Å². The third-order valence-electron chi connectivity index (χ3n) is 4.20. The van der Waals surface area contributed by atoms with Crippen LogP contribution in [-0.2, 0) is 6.54 Å². The highest BCUT2D eigenvalue weighted by molar-refractivity contribution is 5.95. The Balaban J connectivity index is 1.97. The van der Waals surface area contributed by atoms with Crippen molar-refractivity contribution in [1.82, 2.24) is 5.32 Å². The van der Waals surface area contributed by atoms with Gasteiger partial charge in [-0.25, -0.2) is 0 Å². The van der Waals surface area contributed by atoms with Crippen molar-refractivity contribution in [1.29, 1.82) is 0 Å². The van der Waals surface area contributed by atoms with Crippen LogP contribution < -0.4 is 24.3 Å². The van der Waals surface area contributed by atoms with Crippen LogP contribution in [-0.4, -0.2) is 59.1 Å². The summed E-state index contributed by atoms with van der Waals surface area (Å²) in [5.41, 5.74) is 1.32. The smallest absolute Gasteiger partial charge is 0.251 e. The lowest BCUT2D eigenvalue weighted by atomic mass is 10.1. The number of carbonyl (C=O) groups is 1. The summed E-state index contributed by atoms with van der Waals surface area (Å²) in [4.78, 5) is 12.5. The van der Waals surface area contributed by atoms with Gasteiger partial charge in [-0.3, -0.25) is 4.79 Å². The predicted molar refractivity (Wildman–Crippen MR) is 110 cm³/mol. The van der Waals surface area contributed by atoms with Crippen LogP contribution in [0.3, 0.4) is 0 Å². The predicted octanol–water partition coefficient (Wildman–Crippen LogP) is 2.60. The van der Waals surface area contributed by atoms with E-state index in [1.807, 2.05) is 24.3 Å². The van der Waals surface area contributed by atoms with E-state index in [1.165, 1.54) is 21.3 Å². The highest BCUT2D eigenvalue weighted by Crippen LogP contribution is 2.38. The highest BCUT2D eigenvalue weighted by atomic mass is 16.5. The molecule has 0 aromatic heterocycles. The number of hydroxylamine groups is 3. The molecule has 0 radical (unpaired) electrons. The van der Waals surface area contributed by atoms with E-state index in [4.69, 9.17) is 18.9 Å². The van der Waals surface area contributed by atoms with Gasteiger partial charge in [0.1, 0.15) is 18.9 Å². The lowest BCUT2D eigenvalue weighted by Gasteiger charge is -2.33. The quantitative estimate of drug-likeness (QED) is 0.484. The average Bonchev–Trinajstić information content (AvgIpc) is 2.70. The summed E-state index contributed by atoms with van der Waals surface area (Å²) in [5, 5.41) is 14.4. The molecule has 0 spiro atoms. The van der Waals surface area contributed by atoms with Crippen LogP contribution in [0.5, 0.6) is 23.0 Å². The molecule has 29 heavy (non-hydrogen) atoms. The van der Waals surface area contributed by atoms with Crippen LogP contribution in [0.15, 0.2) is 36.4 Å². The van der Waals surface area contributed by atoms with Crippen molar-refractivity contribution in [2.24, 2.45) is 0 Å². The second kappa shape index (κ2) is 9.99. The molecular formula is C21H28N2O6. The van der Waals surface area contributed by atoms with Crippen molar-refractivity contribution in [2.45, 2.75) is 6.54 Å². The second-order valence-corrected chi connectivity index (χ2v) is 6.89. The first-order valence-electron chi connectivity index (χ1n) is 9.11.